The van der Waals surface area contributed by atoms with E-state index in [4.69, 9.17) is 11.5 Å². The Kier molecular flexibility index (Phi) is 15.9. The number of aryl methyl sites for hydroxylation is 2. The number of rotatable bonds is 15. The van der Waals surface area contributed by atoms with Crippen LogP contribution in [0.4, 0.5) is 62.6 Å². The molecule has 0 bridgehead atoms. The molecule has 16 N–H and O–H groups in total. The molecule has 1 amide bonds. The fraction of sp³-hybridized carbons (Fsp3) is 0.0426. The first-order valence-electron chi connectivity index (χ1n) is 22.2. The molecule has 0 spiro atoms. The number of nitrogens with one attached hydrogen (secondary N) is 1. The van der Waals surface area contributed by atoms with E-state index >= 15 is 0 Å². The molecule has 0 radical (unpaired) electrons. The van der Waals surface area contributed by atoms with Crippen molar-refractivity contribution in [3.63, 3.8) is 0 Å². The minimum atomic E-state index is -5.30. The number of hydrogen-bond acceptors (Lipinski definition) is 25. The van der Waals surface area contributed by atoms with Gasteiger partial charge in [0.15, 0.2) is 11.5 Å². The number of amides is 1. The summed E-state index contributed by atoms with van der Waals surface area (Å²) in [6, 6.07) is 23.4. The summed E-state index contributed by atoms with van der Waals surface area (Å²) in [6.07, 6.45) is 0. The molecule has 0 aliphatic carbocycles. The molecule has 0 unspecified atom stereocenters. The van der Waals surface area contributed by atoms with Crippen molar-refractivity contribution in [2.75, 3.05) is 16.8 Å². The van der Waals surface area contributed by atoms with E-state index < -0.39 is 150 Å². The van der Waals surface area contributed by atoms with Gasteiger partial charge in [0, 0.05) is 11.3 Å². The highest BCUT2D eigenvalue weighted by Gasteiger charge is 2.32. The molecule has 0 fully saturated rings. The second-order valence-electron chi connectivity index (χ2n) is 17.2. The van der Waals surface area contributed by atoms with Crippen LogP contribution >= 0.6 is 21.7 Å². The molecular formula is C47H41N11O18S5. The van der Waals surface area contributed by atoms with Crippen molar-refractivity contribution >= 4 is 142 Å². The quantitative estimate of drug-likeness (QED) is 0.0257. The number of azo groups is 4. The van der Waals surface area contributed by atoms with E-state index in [0.29, 0.717) is 6.07 Å². The van der Waals surface area contributed by atoms with Crippen molar-refractivity contribution in [2.45, 2.75) is 38.3 Å². The smallest absolute Gasteiger partial charge is 0.296 e. The predicted octanol–water partition coefficient (Wildman–Crippen LogP) is 13.0. The molecule has 8 aromatic rings. The van der Waals surface area contributed by atoms with Gasteiger partial charge in [0.05, 0.1) is 49.0 Å². The molecule has 0 saturated carbocycles. The fourth-order valence-electron chi connectivity index (χ4n) is 7.64. The number of carbonyl (C=O) groups is 1. The number of nitrogens with two attached hydrogens (primary N) is 2. The van der Waals surface area contributed by atoms with Crippen molar-refractivity contribution in [3.8, 4) is 11.5 Å². The van der Waals surface area contributed by atoms with Crippen molar-refractivity contribution in [1.29, 1.82) is 0 Å². The molecule has 422 valence electrons. The summed E-state index contributed by atoms with van der Waals surface area (Å²) in [4.78, 5) is 8.68. The van der Waals surface area contributed by atoms with Gasteiger partial charge in [-0.25, -0.2) is 0 Å². The molecule has 81 heavy (non-hydrogen) atoms. The Bertz CT molecular complexity index is 4390. The maximum atomic E-state index is 13.5. The molecule has 0 aliphatic heterocycles. The molecule has 0 atom stereocenters. The standard InChI is InChI=1S/C47H41N11O18S5/c1-22-3-8-28(9-4-22)51-55-41-33(78(65,66)67)18-25-20-35(80(71,72)73)43(45(59)37(25)39(41)48)57-53-30-14-12-27(13-15-30)50-47(61)24-7-16-31(32(17-24)77(62,63)64)54-58-44-36(81(74,75)76)21-26-19-34(79(68,69)70)42(40(49)38(26)46(44)60)56-52-29-10-5-23(2)6-11-29/h3-21,59-60,65-67,74-76H,48-49H2,1-2H3,(H,50,61)(H,62,63,64)(H,68,69,70)(H,71,72,73). The molecule has 0 heterocycles. The van der Waals surface area contributed by atoms with Gasteiger partial charge in [-0.2, -0.15) is 40.6 Å². The minimum Gasteiger partial charge on any atom is -0.505 e. The van der Waals surface area contributed by atoms with Gasteiger partial charge in [-0.3, -0.25) is 18.5 Å². The largest absolute Gasteiger partial charge is 0.505 e. The van der Waals surface area contributed by atoms with Crippen LogP contribution in [0.25, 0.3) is 21.5 Å². The van der Waals surface area contributed by atoms with Crippen molar-refractivity contribution < 1.29 is 81.2 Å². The van der Waals surface area contributed by atoms with Gasteiger partial charge >= 0.3 is 0 Å². The van der Waals surface area contributed by atoms with Crippen LogP contribution < -0.4 is 16.8 Å². The van der Waals surface area contributed by atoms with E-state index in [1.807, 2.05) is 6.92 Å². The molecule has 8 aromatic carbocycles. The number of phenols is 2. The van der Waals surface area contributed by atoms with Crippen molar-refractivity contribution in [3.05, 3.63) is 132 Å². The highest BCUT2D eigenvalue weighted by molar-refractivity contribution is 8.19. The van der Waals surface area contributed by atoms with E-state index in [2.05, 4.69) is 46.2 Å². The Labute approximate surface area is 460 Å². The fourth-order valence-corrected chi connectivity index (χ4v) is 11.0. The average molecular weight is 1210 g/mol. The van der Waals surface area contributed by atoms with E-state index in [-0.39, 0.29) is 33.5 Å². The second-order valence-corrected chi connectivity index (χ2v) is 24.4. The summed E-state index contributed by atoms with van der Waals surface area (Å²) in [5.41, 5.74) is 9.33. The molecule has 8 rings (SSSR count). The maximum Gasteiger partial charge on any atom is 0.296 e. The SMILES string of the molecule is Cc1ccc(N=Nc2c(S(O)(O)O)cc3cc(S(=O)(=O)O)c(N=Nc4ccc(NC(=O)c5ccc(N=Nc6c(S(O)(O)O)cc7cc(S(=O)(=O)O)c(N=Nc8ccc(C)cc8)c(N)c7c6O)c(S(=O)(=O)O)c5)cc4)c(O)c3c2N)cc1. The van der Waals surface area contributed by atoms with Crippen molar-refractivity contribution in [2.24, 2.45) is 40.9 Å². The van der Waals surface area contributed by atoms with Gasteiger partial charge in [-0.15, -0.1) is 25.6 Å². The Morgan fingerprint density at radius 3 is 1.19 bits per heavy atom. The number of aromatic hydroxyl groups is 2. The van der Waals surface area contributed by atoms with Crippen LogP contribution in [0.3, 0.4) is 0 Å². The van der Waals surface area contributed by atoms with Crippen LogP contribution in [-0.2, 0) is 30.4 Å². The molecule has 29 nitrogen and oxygen atoms in total. The first kappa shape index (κ1) is 58.7. The molecular weight excluding hydrogens is 1170 g/mol. The maximum absolute atomic E-state index is 13.5. The van der Waals surface area contributed by atoms with Crippen LogP contribution in [0.5, 0.6) is 11.5 Å². The third kappa shape index (κ3) is 12.8. The lowest BCUT2D eigenvalue weighted by atomic mass is 10.1. The third-order valence-corrected chi connectivity index (χ3v) is 15.9. The summed E-state index contributed by atoms with van der Waals surface area (Å²) in [5.74, 6) is -3.11. The highest BCUT2D eigenvalue weighted by Crippen LogP contribution is 2.58. The van der Waals surface area contributed by atoms with Gasteiger partial charge in [-0.05, 0) is 116 Å². The number of fused-ring (bicyclic) bond motifs is 2. The number of carbonyl (C=O) groups excluding carboxylic acids is 1. The summed E-state index contributed by atoms with van der Waals surface area (Å²) >= 11 is 0. The minimum absolute atomic E-state index is 0.0131. The predicted molar refractivity (Wildman–Crippen MR) is 297 cm³/mol. The van der Waals surface area contributed by atoms with E-state index in [9.17, 15) is 81.2 Å². The van der Waals surface area contributed by atoms with Crippen LogP contribution in [0.2, 0.25) is 0 Å². The topological polar surface area (TPSA) is 505 Å². The molecule has 0 saturated heterocycles. The van der Waals surface area contributed by atoms with Crippen molar-refractivity contribution in [1.82, 2.24) is 0 Å². The Hall–Kier alpha value is -8.46. The first-order valence-corrected chi connectivity index (χ1v) is 29.6. The Balaban J connectivity index is 1.09. The normalized spacial score (nSPS) is 13.4. The number of hydrogen-bond donors (Lipinski definition) is 14. The Morgan fingerprint density at radius 1 is 0.420 bits per heavy atom. The number of nitrogens with zero attached hydrogens (tertiary/aromatic N) is 8. The molecule has 0 aliphatic rings. The monoisotopic (exact) mass is 1210 g/mol. The zero-order chi connectivity index (χ0) is 59.3. The van der Waals surface area contributed by atoms with Crippen LogP contribution in [-0.4, -0.2) is 82.3 Å². The number of benzene rings is 8. The number of anilines is 3. The van der Waals surface area contributed by atoms with E-state index in [1.54, 1.807) is 43.3 Å². The van der Waals surface area contributed by atoms with Gasteiger partial charge in [-0.1, -0.05) is 35.4 Å². The summed E-state index contributed by atoms with van der Waals surface area (Å²) in [6.45, 7) is 3.60. The van der Waals surface area contributed by atoms with Crippen LogP contribution in [0, 0.1) is 13.8 Å². The zero-order valence-corrected chi connectivity index (χ0v) is 45.1. The number of nitrogen functional groups attached to an aromatic ring is 2. The molecule has 0 aromatic heterocycles. The van der Waals surface area contributed by atoms with Gasteiger partial charge in [0.1, 0.15) is 64.9 Å². The summed E-state index contributed by atoms with van der Waals surface area (Å²) in [7, 11) is -25.3. The lowest BCUT2D eigenvalue weighted by Crippen LogP contribution is -2.12. The van der Waals surface area contributed by atoms with Gasteiger partial charge in [0.25, 0.3) is 36.3 Å². The lowest BCUT2D eigenvalue weighted by molar-refractivity contribution is 0.102. The average Bonchev–Trinajstić information content (AvgIpc) is 3.43. The van der Waals surface area contributed by atoms with Crippen LogP contribution in [0.1, 0.15) is 21.5 Å². The van der Waals surface area contributed by atoms with E-state index in [1.165, 1.54) is 36.4 Å². The third-order valence-electron chi connectivity index (χ3n) is 11.5. The second kappa shape index (κ2) is 21.9. The Morgan fingerprint density at radius 2 is 0.765 bits per heavy atom. The zero-order valence-electron chi connectivity index (χ0n) is 41.0. The summed E-state index contributed by atoms with van der Waals surface area (Å²) in [5, 5.41) is 54.7. The lowest BCUT2D eigenvalue weighted by Gasteiger charge is -2.23. The van der Waals surface area contributed by atoms with E-state index in [0.717, 1.165) is 47.5 Å². The summed E-state index contributed by atoms with van der Waals surface area (Å²) < 4.78 is 168. The van der Waals surface area contributed by atoms with Gasteiger partial charge in [0.2, 0.25) is 0 Å². The van der Waals surface area contributed by atoms with Crippen LogP contribution in [0.15, 0.2) is 181 Å². The number of phenolic OH excluding ortho intramolecular Hbond substituents is 2. The first-order chi connectivity index (χ1) is 37.7. The highest BCUT2D eigenvalue weighted by atomic mass is 32.3. The molecule has 34 heteroatoms. The van der Waals surface area contributed by atoms with Gasteiger partial charge < -0.3 is 54.3 Å².